The Hall–Kier alpha value is -2.09. The molecule has 156 valence electrons. The van der Waals surface area contributed by atoms with Crippen molar-refractivity contribution < 1.29 is 14.3 Å². The molecule has 0 aliphatic carbocycles. The standard InChI is InChI=1S/C21H26ClN3O3S/c1-13-12-25(4)10-9-14-11-15(5-6-16(13)14)23-19(26)21(2,3)24-20(27)28-18-8-7-17(22)29-18/h5-8,11,13H,9-10,12H2,1-4H3,(H,23,26)(H,24,27). The predicted octanol–water partition coefficient (Wildman–Crippen LogP) is 4.50. The topological polar surface area (TPSA) is 70.7 Å². The van der Waals surface area contributed by atoms with Gasteiger partial charge in [-0.05, 0) is 68.6 Å². The minimum Gasteiger partial charge on any atom is -0.399 e. The molecule has 29 heavy (non-hydrogen) atoms. The molecule has 0 saturated heterocycles. The molecule has 8 heteroatoms. The molecule has 1 unspecified atom stereocenters. The van der Waals surface area contributed by atoms with Crippen LogP contribution < -0.4 is 15.4 Å². The van der Waals surface area contributed by atoms with Crippen LogP contribution in [0.3, 0.4) is 0 Å². The zero-order chi connectivity index (χ0) is 21.2. The number of amides is 2. The van der Waals surface area contributed by atoms with Crippen LogP contribution in [0.25, 0.3) is 0 Å². The van der Waals surface area contributed by atoms with Crippen LogP contribution in [0.5, 0.6) is 5.06 Å². The van der Waals surface area contributed by atoms with E-state index in [0.29, 0.717) is 15.3 Å². The molecule has 2 aromatic rings. The molecular weight excluding hydrogens is 410 g/mol. The van der Waals surface area contributed by atoms with Gasteiger partial charge in [0.1, 0.15) is 5.54 Å². The van der Waals surface area contributed by atoms with E-state index in [4.69, 9.17) is 16.3 Å². The van der Waals surface area contributed by atoms with Crippen LogP contribution in [0, 0.1) is 0 Å². The minimum absolute atomic E-state index is 0.322. The minimum atomic E-state index is -1.15. The van der Waals surface area contributed by atoms with Crippen molar-refractivity contribution in [2.45, 2.75) is 38.6 Å². The average molecular weight is 436 g/mol. The number of rotatable bonds is 4. The van der Waals surface area contributed by atoms with Crippen LogP contribution in [0.4, 0.5) is 10.5 Å². The van der Waals surface area contributed by atoms with Gasteiger partial charge in [-0.15, -0.1) is 0 Å². The number of hydrogen-bond acceptors (Lipinski definition) is 5. The molecule has 2 N–H and O–H groups in total. The van der Waals surface area contributed by atoms with Crippen molar-refractivity contribution in [1.82, 2.24) is 10.2 Å². The van der Waals surface area contributed by atoms with E-state index in [0.717, 1.165) is 36.5 Å². The molecule has 1 aromatic carbocycles. The highest BCUT2D eigenvalue weighted by atomic mass is 35.5. The first-order valence-electron chi connectivity index (χ1n) is 9.52. The van der Waals surface area contributed by atoms with Crippen molar-refractivity contribution in [1.29, 1.82) is 0 Å². The summed E-state index contributed by atoms with van der Waals surface area (Å²) in [7, 11) is 2.13. The van der Waals surface area contributed by atoms with Gasteiger partial charge < -0.3 is 20.3 Å². The third-order valence-corrected chi connectivity index (χ3v) is 6.11. The lowest BCUT2D eigenvalue weighted by Gasteiger charge is -2.25. The van der Waals surface area contributed by atoms with Gasteiger partial charge in [-0.2, -0.15) is 0 Å². The fourth-order valence-electron chi connectivity index (χ4n) is 3.42. The van der Waals surface area contributed by atoms with Crippen molar-refractivity contribution >= 4 is 40.6 Å². The maximum Gasteiger partial charge on any atom is 0.414 e. The normalized spacial score (nSPS) is 17.2. The molecule has 1 aliphatic rings. The van der Waals surface area contributed by atoms with Crippen molar-refractivity contribution in [3.05, 3.63) is 45.8 Å². The Morgan fingerprint density at radius 1 is 1.28 bits per heavy atom. The maximum absolute atomic E-state index is 12.8. The number of hydrogen-bond donors (Lipinski definition) is 2. The van der Waals surface area contributed by atoms with E-state index in [1.165, 1.54) is 11.1 Å². The van der Waals surface area contributed by atoms with Crippen LogP contribution >= 0.6 is 22.9 Å². The Morgan fingerprint density at radius 2 is 2.03 bits per heavy atom. The first-order valence-corrected chi connectivity index (χ1v) is 10.7. The van der Waals surface area contributed by atoms with Crippen LogP contribution in [0.2, 0.25) is 4.34 Å². The van der Waals surface area contributed by atoms with Crippen LogP contribution in [-0.2, 0) is 11.2 Å². The number of carbonyl (C=O) groups excluding carboxylic acids is 2. The number of thiophene rings is 1. The third-order valence-electron chi connectivity index (χ3n) is 5.00. The highest BCUT2D eigenvalue weighted by molar-refractivity contribution is 7.17. The fourth-order valence-corrected chi connectivity index (χ4v) is 4.29. The molecule has 2 heterocycles. The van der Waals surface area contributed by atoms with Crippen molar-refractivity contribution in [2.24, 2.45) is 0 Å². The van der Waals surface area contributed by atoms with Crippen molar-refractivity contribution in [3.8, 4) is 5.06 Å². The molecule has 1 aromatic heterocycles. The number of nitrogens with zero attached hydrogens (tertiary/aromatic N) is 1. The van der Waals surface area contributed by atoms with Crippen LogP contribution in [-0.4, -0.2) is 42.6 Å². The van der Waals surface area contributed by atoms with E-state index in [9.17, 15) is 9.59 Å². The lowest BCUT2D eigenvalue weighted by Crippen LogP contribution is -2.53. The predicted molar refractivity (Wildman–Crippen MR) is 117 cm³/mol. The summed E-state index contributed by atoms with van der Waals surface area (Å²) >= 11 is 6.98. The second-order valence-corrected chi connectivity index (χ2v) is 9.66. The molecule has 0 fully saturated rings. The largest absolute Gasteiger partial charge is 0.414 e. The summed E-state index contributed by atoms with van der Waals surface area (Å²) in [5, 5.41) is 5.88. The Bertz CT molecular complexity index is 912. The maximum atomic E-state index is 12.8. The van der Waals surface area contributed by atoms with E-state index >= 15 is 0 Å². The number of fused-ring (bicyclic) bond motifs is 1. The van der Waals surface area contributed by atoms with Crippen LogP contribution in [0.15, 0.2) is 30.3 Å². The second-order valence-electron chi connectivity index (χ2n) is 7.98. The summed E-state index contributed by atoms with van der Waals surface area (Å²) in [6, 6.07) is 9.28. The van der Waals surface area contributed by atoms with Gasteiger partial charge in [0.25, 0.3) is 0 Å². The van der Waals surface area contributed by atoms with Gasteiger partial charge in [-0.1, -0.05) is 35.9 Å². The number of carbonyl (C=O) groups is 2. The zero-order valence-corrected chi connectivity index (χ0v) is 18.6. The Balaban J connectivity index is 1.65. The van der Waals surface area contributed by atoms with Crippen molar-refractivity contribution in [2.75, 3.05) is 25.5 Å². The Kier molecular flexibility index (Phi) is 6.51. The number of nitrogens with one attached hydrogen (secondary N) is 2. The summed E-state index contributed by atoms with van der Waals surface area (Å²) in [5.41, 5.74) is 2.14. The monoisotopic (exact) mass is 435 g/mol. The summed E-state index contributed by atoms with van der Waals surface area (Å²) in [4.78, 5) is 27.2. The van der Waals surface area contributed by atoms with E-state index in [1.54, 1.807) is 26.0 Å². The highest BCUT2D eigenvalue weighted by Gasteiger charge is 2.31. The Morgan fingerprint density at radius 3 is 2.72 bits per heavy atom. The lowest BCUT2D eigenvalue weighted by atomic mass is 9.94. The quantitative estimate of drug-likeness (QED) is 0.741. The number of likely N-dealkylation sites (N-methyl/N-ethyl adjacent to an activating group) is 1. The summed E-state index contributed by atoms with van der Waals surface area (Å²) in [6.45, 7) is 7.49. The van der Waals surface area contributed by atoms with Crippen molar-refractivity contribution in [3.63, 3.8) is 0 Å². The molecule has 0 radical (unpaired) electrons. The number of halogens is 1. The fraction of sp³-hybridized carbons (Fsp3) is 0.429. The van der Waals surface area contributed by atoms with Gasteiger partial charge in [-0.25, -0.2) is 4.79 Å². The van der Waals surface area contributed by atoms with E-state index < -0.39 is 11.6 Å². The highest BCUT2D eigenvalue weighted by Crippen LogP contribution is 2.29. The summed E-state index contributed by atoms with van der Waals surface area (Å²) in [6.07, 6.45) is 0.236. The summed E-state index contributed by atoms with van der Waals surface area (Å²) in [5.74, 6) is 0.123. The lowest BCUT2D eigenvalue weighted by molar-refractivity contribution is -0.121. The van der Waals surface area contributed by atoms with E-state index in [1.807, 2.05) is 12.1 Å². The third kappa shape index (κ3) is 5.50. The molecular formula is C21H26ClN3O3S. The summed E-state index contributed by atoms with van der Waals surface area (Å²) < 4.78 is 5.70. The molecule has 3 rings (SSSR count). The zero-order valence-electron chi connectivity index (χ0n) is 17.0. The molecule has 2 amide bonds. The van der Waals surface area contributed by atoms with E-state index in [2.05, 4.69) is 35.6 Å². The Labute approximate surface area is 180 Å². The SMILES string of the molecule is CC1CN(C)CCc2cc(NC(=O)C(C)(C)NC(=O)Oc3ccc(Cl)s3)ccc21. The number of ether oxygens (including phenoxy) is 1. The molecule has 0 saturated carbocycles. The molecule has 0 bridgehead atoms. The number of benzene rings is 1. The van der Waals surface area contributed by atoms with Gasteiger partial charge in [0.05, 0.1) is 4.34 Å². The second kappa shape index (κ2) is 8.73. The van der Waals surface area contributed by atoms with Gasteiger partial charge in [0.15, 0.2) is 5.06 Å². The number of anilines is 1. The molecule has 0 spiro atoms. The molecule has 1 aliphatic heterocycles. The smallest absolute Gasteiger partial charge is 0.399 e. The first-order chi connectivity index (χ1) is 13.6. The average Bonchev–Trinajstić information content (AvgIpc) is 2.97. The molecule has 1 atom stereocenters. The van der Waals surface area contributed by atoms with Gasteiger partial charge in [0.2, 0.25) is 5.91 Å². The van der Waals surface area contributed by atoms with E-state index in [-0.39, 0.29) is 5.91 Å². The van der Waals surface area contributed by atoms with Crippen LogP contribution in [0.1, 0.15) is 37.8 Å². The van der Waals surface area contributed by atoms with Gasteiger partial charge in [0, 0.05) is 18.8 Å². The molecule has 6 nitrogen and oxygen atoms in total. The van der Waals surface area contributed by atoms with Gasteiger partial charge >= 0.3 is 6.09 Å². The van der Waals surface area contributed by atoms with Gasteiger partial charge in [-0.3, -0.25) is 4.79 Å². The first kappa shape index (κ1) is 21.6.